The van der Waals surface area contributed by atoms with Crippen LogP contribution in [0.25, 0.3) is 17.0 Å². The van der Waals surface area contributed by atoms with Crippen LogP contribution in [0.4, 0.5) is 13.2 Å². The van der Waals surface area contributed by atoms with Crippen LogP contribution in [-0.2, 0) is 4.79 Å². The van der Waals surface area contributed by atoms with E-state index in [0.29, 0.717) is 31.0 Å². The van der Waals surface area contributed by atoms with Gasteiger partial charge < -0.3 is 15.2 Å². The molecule has 1 amide bonds. The molecule has 36 heavy (non-hydrogen) atoms. The lowest BCUT2D eigenvalue weighted by Crippen LogP contribution is -2.42. The summed E-state index contributed by atoms with van der Waals surface area (Å²) in [5.74, 6) is -3.07. The van der Waals surface area contributed by atoms with E-state index in [1.54, 1.807) is 4.90 Å². The summed E-state index contributed by atoms with van der Waals surface area (Å²) in [5, 5.41) is 5.12. The first-order valence-electron chi connectivity index (χ1n) is 12.9. The molecule has 1 saturated heterocycles. The molecule has 1 saturated carbocycles. The minimum absolute atomic E-state index is 0.123. The Kier molecular flexibility index (Phi) is 7.46. The van der Waals surface area contributed by atoms with Crippen LogP contribution >= 0.6 is 0 Å². The van der Waals surface area contributed by atoms with Crippen molar-refractivity contribution in [3.63, 3.8) is 0 Å². The predicted octanol–water partition coefficient (Wildman–Crippen LogP) is 6.15. The van der Waals surface area contributed by atoms with E-state index in [2.05, 4.69) is 40.8 Å². The van der Waals surface area contributed by atoms with E-state index in [4.69, 9.17) is 0 Å². The third-order valence-corrected chi connectivity index (χ3v) is 7.83. The summed E-state index contributed by atoms with van der Waals surface area (Å²) in [6.45, 7) is 2.29. The lowest BCUT2D eigenvalue weighted by atomic mass is 9.81. The van der Waals surface area contributed by atoms with Crippen LogP contribution in [0.2, 0.25) is 0 Å². The van der Waals surface area contributed by atoms with Crippen LogP contribution in [0, 0.1) is 23.4 Å². The van der Waals surface area contributed by atoms with Crippen LogP contribution < -0.4 is 5.32 Å². The maximum absolute atomic E-state index is 13.4. The molecule has 0 spiro atoms. The van der Waals surface area contributed by atoms with E-state index in [9.17, 15) is 18.0 Å². The molecule has 4 nitrogen and oxygen atoms in total. The number of carbonyl (C=O) groups is 1. The SMILES string of the molecule is O=C(/C=C/c1cc(F)c(F)c(F)c1)N1CCC(CNC2CCC(c3c[nH]c4ccccc34)CC2)CC1. The molecule has 2 N–H and O–H groups in total. The number of likely N-dealkylation sites (tertiary alicyclic amines) is 1. The highest BCUT2D eigenvalue weighted by molar-refractivity contribution is 5.91. The molecule has 2 aromatic carbocycles. The molecule has 0 unspecified atom stereocenters. The monoisotopic (exact) mass is 495 g/mol. The summed E-state index contributed by atoms with van der Waals surface area (Å²) in [5.41, 5.74) is 2.79. The summed E-state index contributed by atoms with van der Waals surface area (Å²) < 4.78 is 39.8. The third-order valence-electron chi connectivity index (χ3n) is 7.83. The van der Waals surface area contributed by atoms with Crippen molar-refractivity contribution >= 4 is 22.9 Å². The molecule has 7 heteroatoms. The van der Waals surface area contributed by atoms with Gasteiger partial charge in [-0.3, -0.25) is 4.79 Å². The number of hydrogen-bond acceptors (Lipinski definition) is 2. The molecule has 190 valence electrons. The number of halogens is 3. The number of fused-ring (bicyclic) bond motifs is 1. The second kappa shape index (κ2) is 10.9. The zero-order valence-electron chi connectivity index (χ0n) is 20.3. The fraction of sp³-hybridized carbons (Fsp3) is 0.414. The molecule has 2 aliphatic rings. The Morgan fingerprint density at radius 2 is 1.69 bits per heavy atom. The molecular weight excluding hydrogens is 463 g/mol. The molecule has 3 aromatic rings. The van der Waals surface area contributed by atoms with Crippen LogP contribution in [0.5, 0.6) is 0 Å². The standard InChI is InChI=1S/C29H32F3N3O/c30-25-15-20(16-26(31)29(25)32)5-10-28(36)35-13-11-19(12-14-35)17-33-22-8-6-21(7-9-22)24-18-34-27-4-2-1-3-23(24)27/h1-5,10,15-16,18-19,21-22,33-34H,6-9,11-14,17H2/b10-5+. The molecule has 1 aliphatic carbocycles. The number of amides is 1. The Morgan fingerprint density at radius 3 is 2.42 bits per heavy atom. The zero-order valence-corrected chi connectivity index (χ0v) is 20.3. The Balaban J connectivity index is 1.04. The van der Waals surface area contributed by atoms with Gasteiger partial charge in [-0.05, 0) is 92.3 Å². The van der Waals surface area contributed by atoms with Gasteiger partial charge in [-0.1, -0.05) is 18.2 Å². The van der Waals surface area contributed by atoms with Gasteiger partial charge in [0.15, 0.2) is 17.5 Å². The quantitative estimate of drug-likeness (QED) is 0.318. The maximum atomic E-state index is 13.4. The van der Waals surface area contributed by atoms with Gasteiger partial charge in [0.05, 0.1) is 0 Å². The summed E-state index contributed by atoms with van der Waals surface area (Å²) in [7, 11) is 0. The summed E-state index contributed by atoms with van der Waals surface area (Å²) in [4.78, 5) is 17.7. The molecule has 5 rings (SSSR count). The maximum Gasteiger partial charge on any atom is 0.246 e. The molecule has 2 fully saturated rings. The lowest BCUT2D eigenvalue weighted by Gasteiger charge is -2.34. The van der Waals surface area contributed by atoms with Crippen LogP contribution in [0.3, 0.4) is 0 Å². The van der Waals surface area contributed by atoms with E-state index in [-0.39, 0.29) is 11.5 Å². The second-order valence-corrected chi connectivity index (χ2v) is 10.1. The van der Waals surface area contributed by atoms with Crippen molar-refractivity contribution in [2.75, 3.05) is 19.6 Å². The topological polar surface area (TPSA) is 48.1 Å². The molecule has 0 atom stereocenters. The van der Waals surface area contributed by atoms with Gasteiger partial charge in [0, 0.05) is 42.3 Å². The summed E-state index contributed by atoms with van der Waals surface area (Å²) in [6, 6.07) is 10.8. The second-order valence-electron chi connectivity index (χ2n) is 10.1. The number of nitrogens with zero attached hydrogens (tertiary/aromatic N) is 1. The van der Waals surface area contributed by atoms with Crippen molar-refractivity contribution < 1.29 is 18.0 Å². The van der Waals surface area contributed by atoms with Crippen molar-refractivity contribution in [1.29, 1.82) is 0 Å². The van der Waals surface area contributed by atoms with Crippen molar-refractivity contribution in [2.24, 2.45) is 5.92 Å². The normalized spacial score (nSPS) is 21.5. The van der Waals surface area contributed by atoms with Gasteiger partial charge in [-0.2, -0.15) is 0 Å². The van der Waals surface area contributed by atoms with Gasteiger partial charge in [0.1, 0.15) is 0 Å². The molecule has 0 radical (unpaired) electrons. The number of carbonyl (C=O) groups excluding carboxylic acids is 1. The van der Waals surface area contributed by atoms with E-state index < -0.39 is 17.5 Å². The smallest absolute Gasteiger partial charge is 0.246 e. The fourth-order valence-electron chi connectivity index (χ4n) is 5.68. The van der Waals surface area contributed by atoms with Crippen molar-refractivity contribution in [3.05, 3.63) is 77.2 Å². The number of aromatic nitrogens is 1. The number of para-hydroxylation sites is 1. The average molecular weight is 496 g/mol. The van der Waals surface area contributed by atoms with Gasteiger partial charge in [0.2, 0.25) is 5.91 Å². The van der Waals surface area contributed by atoms with Crippen LogP contribution in [0.1, 0.15) is 55.6 Å². The minimum atomic E-state index is -1.50. The van der Waals surface area contributed by atoms with Crippen LogP contribution in [-0.4, -0.2) is 41.5 Å². The molecular formula is C29H32F3N3O. The van der Waals surface area contributed by atoms with Gasteiger partial charge in [0.25, 0.3) is 0 Å². The van der Waals surface area contributed by atoms with Crippen molar-refractivity contribution in [3.8, 4) is 0 Å². The first kappa shape index (κ1) is 24.6. The lowest BCUT2D eigenvalue weighted by molar-refractivity contribution is -0.127. The van der Waals surface area contributed by atoms with Gasteiger partial charge in [-0.25, -0.2) is 13.2 Å². The van der Waals surface area contributed by atoms with Crippen molar-refractivity contribution in [1.82, 2.24) is 15.2 Å². The molecule has 0 bridgehead atoms. The van der Waals surface area contributed by atoms with Crippen molar-refractivity contribution in [2.45, 2.75) is 50.5 Å². The largest absolute Gasteiger partial charge is 0.361 e. The number of hydrogen-bond donors (Lipinski definition) is 2. The number of rotatable bonds is 6. The number of benzene rings is 2. The average Bonchev–Trinajstić information content (AvgIpc) is 3.34. The Labute approximate surface area is 209 Å². The van der Waals surface area contributed by atoms with Gasteiger partial charge >= 0.3 is 0 Å². The zero-order chi connectivity index (χ0) is 25.1. The highest BCUT2D eigenvalue weighted by Gasteiger charge is 2.26. The van der Waals surface area contributed by atoms with Gasteiger partial charge in [-0.15, -0.1) is 0 Å². The Hall–Kier alpha value is -3.06. The number of aromatic amines is 1. The molecule has 1 aliphatic heterocycles. The third kappa shape index (κ3) is 5.51. The van der Waals surface area contributed by atoms with E-state index in [1.807, 2.05) is 0 Å². The van der Waals surface area contributed by atoms with E-state index in [0.717, 1.165) is 31.5 Å². The summed E-state index contributed by atoms with van der Waals surface area (Å²) in [6.07, 6.45) is 11.4. The Morgan fingerprint density at radius 1 is 1.00 bits per heavy atom. The van der Waals surface area contributed by atoms with Crippen LogP contribution in [0.15, 0.2) is 48.7 Å². The number of piperidine rings is 1. The predicted molar refractivity (Wildman–Crippen MR) is 136 cm³/mol. The molecule has 1 aromatic heterocycles. The highest BCUT2D eigenvalue weighted by atomic mass is 19.2. The minimum Gasteiger partial charge on any atom is -0.361 e. The first-order chi connectivity index (χ1) is 17.5. The fourth-order valence-corrected chi connectivity index (χ4v) is 5.68. The highest BCUT2D eigenvalue weighted by Crippen LogP contribution is 2.36. The summed E-state index contributed by atoms with van der Waals surface area (Å²) >= 11 is 0. The first-order valence-corrected chi connectivity index (χ1v) is 12.9. The number of H-pyrrole nitrogens is 1. The van der Waals surface area contributed by atoms with E-state index in [1.165, 1.54) is 54.3 Å². The van der Waals surface area contributed by atoms with E-state index >= 15 is 0 Å². The molecule has 2 heterocycles. The Bertz CT molecular complexity index is 1210. The number of nitrogens with one attached hydrogen (secondary N) is 2.